The minimum atomic E-state index is -0.224. The molecule has 1 atom stereocenters. The van der Waals surface area contributed by atoms with Crippen LogP contribution in [-0.2, 0) is 0 Å². The second-order valence-corrected chi connectivity index (χ2v) is 7.45. The van der Waals surface area contributed by atoms with Gasteiger partial charge < -0.3 is 14.4 Å². The van der Waals surface area contributed by atoms with Crippen LogP contribution in [0.1, 0.15) is 53.8 Å². The highest BCUT2D eigenvalue weighted by atomic mass is 16.5. The fraction of sp³-hybridized carbons (Fsp3) is 0.333. The summed E-state index contributed by atoms with van der Waals surface area (Å²) in [5, 5.41) is 7.52. The summed E-state index contributed by atoms with van der Waals surface area (Å²) in [5.74, 6) is 1.31. The van der Waals surface area contributed by atoms with E-state index in [2.05, 4.69) is 17.1 Å². The number of fused-ring (bicyclic) bond motifs is 1. The van der Waals surface area contributed by atoms with Gasteiger partial charge in [0.2, 0.25) is 0 Å². The first kappa shape index (κ1) is 20.0. The molecule has 0 radical (unpaired) electrons. The summed E-state index contributed by atoms with van der Waals surface area (Å²) in [7, 11) is 3.24. The predicted molar refractivity (Wildman–Crippen MR) is 116 cm³/mol. The molecule has 0 fully saturated rings. The summed E-state index contributed by atoms with van der Waals surface area (Å²) in [5.41, 5.74) is 4.29. The quantitative estimate of drug-likeness (QED) is 0.545. The summed E-state index contributed by atoms with van der Waals surface area (Å²) in [6.45, 7) is 2.86. The molecular formula is C24H27N3O3. The van der Waals surface area contributed by atoms with Crippen LogP contribution < -0.4 is 9.47 Å². The number of carbonyl (C=O) groups excluding carboxylic acids is 1. The van der Waals surface area contributed by atoms with Crippen molar-refractivity contribution < 1.29 is 14.3 Å². The van der Waals surface area contributed by atoms with E-state index in [1.54, 1.807) is 14.2 Å². The van der Waals surface area contributed by atoms with Crippen molar-refractivity contribution in [1.82, 2.24) is 15.1 Å². The second kappa shape index (κ2) is 8.61. The molecule has 0 saturated carbocycles. The van der Waals surface area contributed by atoms with E-state index in [0.29, 0.717) is 23.7 Å². The number of aromatic nitrogens is 2. The van der Waals surface area contributed by atoms with E-state index in [4.69, 9.17) is 9.47 Å². The van der Waals surface area contributed by atoms with Gasteiger partial charge in [-0.25, -0.2) is 0 Å². The molecule has 1 aromatic heterocycles. The molecule has 0 saturated heterocycles. The minimum absolute atomic E-state index is 0.00410. The number of hydrogen-bond acceptors (Lipinski definition) is 4. The van der Waals surface area contributed by atoms with Gasteiger partial charge in [0.05, 0.1) is 26.0 Å². The smallest absolute Gasteiger partial charge is 0.273 e. The van der Waals surface area contributed by atoms with Crippen molar-refractivity contribution in [2.24, 2.45) is 0 Å². The molecule has 1 aliphatic rings. The molecule has 2 heterocycles. The molecule has 1 aliphatic heterocycles. The fourth-order valence-corrected chi connectivity index (χ4v) is 4.14. The maximum Gasteiger partial charge on any atom is 0.273 e. The van der Waals surface area contributed by atoms with E-state index in [9.17, 15) is 4.79 Å². The minimum Gasteiger partial charge on any atom is -0.493 e. The first-order valence-corrected chi connectivity index (χ1v) is 10.4. The highest BCUT2D eigenvalue weighted by molar-refractivity contribution is 6.00. The number of nitrogens with one attached hydrogen (secondary N) is 1. The fourth-order valence-electron chi connectivity index (χ4n) is 4.14. The highest BCUT2D eigenvalue weighted by Gasteiger charge is 2.42. The molecular weight excluding hydrogens is 378 g/mol. The maximum atomic E-state index is 13.3. The van der Waals surface area contributed by atoms with Gasteiger partial charge in [0, 0.05) is 17.7 Å². The molecule has 6 heteroatoms. The molecule has 1 N–H and O–H groups in total. The van der Waals surface area contributed by atoms with Crippen molar-refractivity contribution in [2.75, 3.05) is 20.8 Å². The lowest BCUT2D eigenvalue weighted by atomic mass is 9.95. The van der Waals surface area contributed by atoms with Crippen molar-refractivity contribution >= 4 is 5.91 Å². The zero-order valence-corrected chi connectivity index (χ0v) is 17.6. The molecule has 0 bridgehead atoms. The maximum absolute atomic E-state index is 13.3. The average Bonchev–Trinajstić information content (AvgIpc) is 3.33. The largest absolute Gasteiger partial charge is 0.493 e. The normalized spacial score (nSPS) is 15.4. The van der Waals surface area contributed by atoms with Crippen LogP contribution in [0.25, 0.3) is 11.3 Å². The molecule has 156 valence electrons. The Balaban J connectivity index is 1.83. The summed E-state index contributed by atoms with van der Waals surface area (Å²) >= 11 is 0. The third kappa shape index (κ3) is 3.43. The van der Waals surface area contributed by atoms with E-state index in [1.165, 1.54) is 0 Å². The first-order chi connectivity index (χ1) is 14.7. The van der Waals surface area contributed by atoms with E-state index in [0.717, 1.165) is 41.6 Å². The zero-order valence-electron chi connectivity index (χ0n) is 17.6. The summed E-state index contributed by atoms with van der Waals surface area (Å²) in [4.78, 5) is 15.2. The number of rotatable bonds is 8. The average molecular weight is 405 g/mol. The van der Waals surface area contributed by atoms with Gasteiger partial charge >= 0.3 is 0 Å². The molecule has 2 aromatic carbocycles. The zero-order chi connectivity index (χ0) is 21.1. The first-order valence-electron chi connectivity index (χ1n) is 10.4. The molecule has 30 heavy (non-hydrogen) atoms. The van der Waals surface area contributed by atoms with Gasteiger partial charge in [0.1, 0.15) is 5.69 Å². The van der Waals surface area contributed by atoms with Gasteiger partial charge in [-0.05, 0) is 24.1 Å². The van der Waals surface area contributed by atoms with Gasteiger partial charge in [0.15, 0.2) is 11.5 Å². The van der Waals surface area contributed by atoms with Gasteiger partial charge in [-0.1, -0.05) is 56.2 Å². The SMILES string of the molecule is CCCCCN1C(=O)c2[nH]nc(-c3ccccc3)c2C1c1ccc(OC)c(OC)c1. The number of unbranched alkanes of at least 4 members (excludes halogenated alkanes) is 2. The number of benzene rings is 2. The van der Waals surface area contributed by atoms with Crippen LogP contribution in [0.3, 0.4) is 0 Å². The standard InChI is InChI=1S/C24H27N3O3/c1-4-5-9-14-27-23(17-12-13-18(29-2)19(15-17)30-3)20-21(16-10-7-6-8-11-16)25-26-22(20)24(27)28/h6-8,10-13,15,23H,4-5,9,14H2,1-3H3,(H,25,26). The Kier molecular flexibility index (Phi) is 5.74. The lowest BCUT2D eigenvalue weighted by Gasteiger charge is -2.27. The Hall–Kier alpha value is -3.28. The summed E-state index contributed by atoms with van der Waals surface area (Å²) < 4.78 is 10.9. The topological polar surface area (TPSA) is 67.5 Å². The van der Waals surface area contributed by atoms with E-state index in [1.807, 2.05) is 53.4 Å². The second-order valence-electron chi connectivity index (χ2n) is 7.45. The highest BCUT2D eigenvalue weighted by Crippen LogP contribution is 2.44. The van der Waals surface area contributed by atoms with E-state index < -0.39 is 0 Å². The van der Waals surface area contributed by atoms with Crippen LogP contribution >= 0.6 is 0 Å². The van der Waals surface area contributed by atoms with Crippen molar-refractivity contribution in [3.05, 3.63) is 65.4 Å². The molecule has 0 aliphatic carbocycles. The molecule has 3 aromatic rings. The molecule has 1 unspecified atom stereocenters. The van der Waals surface area contributed by atoms with Gasteiger partial charge in [-0.3, -0.25) is 9.89 Å². The van der Waals surface area contributed by atoms with Crippen molar-refractivity contribution in [3.8, 4) is 22.8 Å². The van der Waals surface area contributed by atoms with Crippen molar-refractivity contribution in [3.63, 3.8) is 0 Å². The summed E-state index contributed by atoms with van der Waals surface area (Å²) in [6.07, 6.45) is 3.15. The van der Waals surface area contributed by atoms with E-state index >= 15 is 0 Å². The number of ether oxygens (including phenoxy) is 2. The lowest BCUT2D eigenvalue weighted by Crippen LogP contribution is -2.30. The van der Waals surface area contributed by atoms with Crippen molar-refractivity contribution in [1.29, 1.82) is 0 Å². The van der Waals surface area contributed by atoms with Crippen LogP contribution in [0, 0.1) is 0 Å². The number of hydrogen-bond donors (Lipinski definition) is 1. The number of methoxy groups -OCH3 is 2. The predicted octanol–water partition coefficient (Wildman–Crippen LogP) is 4.83. The van der Waals surface area contributed by atoms with Crippen LogP contribution in [0.15, 0.2) is 48.5 Å². The van der Waals surface area contributed by atoms with Crippen LogP contribution in [0.2, 0.25) is 0 Å². The van der Waals surface area contributed by atoms with Gasteiger partial charge in [-0.2, -0.15) is 5.10 Å². The number of carbonyl (C=O) groups is 1. The van der Waals surface area contributed by atoms with Crippen LogP contribution in [-0.4, -0.2) is 41.8 Å². The Bertz CT molecular complexity index is 1030. The number of H-pyrrole nitrogens is 1. The van der Waals surface area contributed by atoms with Crippen molar-refractivity contribution in [2.45, 2.75) is 32.2 Å². The van der Waals surface area contributed by atoms with Crippen LogP contribution in [0.5, 0.6) is 11.5 Å². The molecule has 0 spiro atoms. The summed E-state index contributed by atoms with van der Waals surface area (Å²) in [6, 6.07) is 15.6. The lowest BCUT2D eigenvalue weighted by molar-refractivity contribution is 0.0740. The third-order valence-electron chi connectivity index (χ3n) is 5.64. The number of amides is 1. The monoisotopic (exact) mass is 405 g/mol. The molecule has 1 amide bonds. The Labute approximate surface area is 176 Å². The van der Waals surface area contributed by atoms with E-state index in [-0.39, 0.29) is 11.9 Å². The van der Waals surface area contributed by atoms with Gasteiger partial charge in [-0.15, -0.1) is 0 Å². The molecule has 4 rings (SSSR count). The Morgan fingerprint density at radius 1 is 1.03 bits per heavy atom. The van der Waals surface area contributed by atoms with Crippen LogP contribution in [0.4, 0.5) is 0 Å². The number of nitrogens with zero attached hydrogens (tertiary/aromatic N) is 2. The number of aromatic amines is 1. The Morgan fingerprint density at radius 3 is 2.50 bits per heavy atom. The molecule has 6 nitrogen and oxygen atoms in total. The Morgan fingerprint density at radius 2 is 1.80 bits per heavy atom. The third-order valence-corrected chi connectivity index (χ3v) is 5.64. The van der Waals surface area contributed by atoms with Gasteiger partial charge in [0.25, 0.3) is 5.91 Å².